The zero-order valence-electron chi connectivity index (χ0n) is 20.0. The largest absolute Gasteiger partial charge is 0.461 e. The maximum Gasteiger partial charge on any atom is 0.273 e. The molecule has 0 bridgehead atoms. The summed E-state index contributed by atoms with van der Waals surface area (Å²) in [7, 11) is 0. The van der Waals surface area contributed by atoms with Gasteiger partial charge in [-0.15, -0.1) is 11.3 Å². The number of rotatable bonds is 4. The van der Waals surface area contributed by atoms with Crippen LogP contribution < -0.4 is 14.8 Å². The third-order valence-corrected chi connectivity index (χ3v) is 7.97. The molecule has 1 aliphatic carbocycles. The molecule has 2 aromatic heterocycles. The van der Waals surface area contributed by atoms with Gasteiger partial charge in [-0.1, -0.05) is 19.1 Å². The van der Waals surface area contributed by atoms with E-state index in [1.165, 1.54) is 4.57 Å². The first-order chi connectivity index (χ1) is 16.9. The average Bonchev–Trinajstić information content (AvgIpc) is 3.27. The number of morpholine rings is 1. The third kappa shape index (κ3) is 4.38. The van der Waals surface area contributed by atoms with E-state index in [9.17, 15) is 14.9 Å². The highest BCUT2D eigenvalue weighted by Crippen LogP contribution is 2.47. The molecule has 0 radical (unpaired) electrons. The van der Waals surface area contributed by atoms with Crippen molar-refractivity contribution >= 4 is 28.9 Å². The molecular weight excluding hydrogens is 462 g/mol. The minimum atomic E-state index is -0.384. The maximum absolute atomic E-state index is 13.7. The number of ether oxygens (including phenoxy) is 1. The molecule has 1 saturated heterocycles. The summed E-state index contributed by atoms with van der Waals surface area (Å²) < 4.78 is 13.6. The van der Waals surface area contributed by atoms with E-state index < -0.39 is 0 Å². The van der Waals surface area contributed by atoms with Gasteiger partial charge in [-0.25, -0.2) is 0 Å². The molecule has 1 amide bonds. The molecule has 1 aliphatic heterocycles. The van der Waals surface area contributed by atoms with Crippen molar-refractivity contribution in [1.82, 2.24) is 9.47 Å². The number of amides is 1. The molecule has 3 aromatic rings. The highest BCUT2D eigenvalue weighted by atomic mass is 32.1. The second-order valence-corrected chi connectivity index (χ2v) is 10.3. The van der Waals surface area contributed by atoms with Crippen LogP contribution in [0.4, 0.5) is 0 Å². The first-order valence-corrected chi connectivity index (χ1v) is 12.6. The summed E-state index contributed by atoms with van der Waals surface area (Å²) in [6.45, 7) is 7.78. The summed E-state index contributed by atoms with van der Waals surface area (Å²) in [6, 6.07) is 11.6. The van der Waals surface area contributed by atoms with E-state index in [0.29, 0.717) is 58.8 Å². The first-order valence-electron chi connectivity index (χ1n) is 11.8. The zero-order chi connectivity index (χ0) is 24.7. The van der Waals surface area contributed by atoms with Crippen LogP contribution in [-0.2, 0) is 9.53 Å². The van der Waals surface area contributed by atoms with Crippen molar-refractivity contribution in [3.8, 4) is 11.8 Å². The van der Waals surface area contributed by atoms with Crippen LogP contribution in [0.2, 0.25) is 0 Å². The van der Waals surface area contributed by atoms with Gasteiger partial charge in [0.2, 0.25) is 0 Å². The predicted octanol–water partition coefficient (Wildman–Crippen LogP) is 2.59. The monoisotopic (exact) mass is 489 g/mol. The molecule has 1 aromatic carbocycles. The molecule has 180 valence electrons. The van der Waals surface area contributed by atoms with Crippen molar-refractivity contribution < 1.29 is 13.9 Å². The van der Waals surface area contributed by atoms with Gasteiger partial charge in [0.1, 0.15) is 22.3 Å². The Morgan fingerprint density at radius 2 is 1.94 bits per heavy atom. The molecular formula is C27H27N3O4S. The molecule has 5 rings (SSSR count). The molecule has 3 heterocycles. The minimum Gasteiger partial charge on any atom is -0.461 e. The maximum atomic E-state index is 13.7. The molecule has 7 nitrogen and oxygen atoms in total. The van der Waals surface area contributed by atoms with E-state index in [0.717, 1.165) is 34.6 Å². The summed E-state index contributed by atoms with van der Waals surface area (Å²) in [5.41, 5.74) is 2.28. The predicted molar refractivity (Wildman–Crippen MR) is 134 cm³/mol. The number of hydrogen-bond acceptors (Lipinski definition) is 6. The van der Waals surface area contributed by atoms with Crippen LogP contribution >= 0.6 is 11.3 Å². The average molecular weight is 490 g/mol. The fourth-order valence-electron chi connectivity index (χ4n) is 4.45. The number of nitriles is 1. The fraction of sp³-hybridized carbons (Fsp3) is 0.370. The Bertz CT molecular complexity index is 1510. The van der Waals surface area contributed by atoms with Crippen LogP contribution in [0, 0.1) is 31.1 Å². The van der Waals surface area contributed by atoms with E-state index in [2.05, 4.69) is 13.0 Å². The van der Waals surface area contributed by atoms with Crippen LogP contribution in [-0.4, -0.2) is 41.7 Å². The number of carbonyl (C=O) groups is 1. The van der Waals surface area contributed by atoms with Crippen molar-refractivity contribution in [2.75, 3.05) is 26.3 Å². The van der Waals surface area contributed by atoms with Gasteiger partial charge in [0, 0.05) is 25.1 Å². The summed E-state index contributed by atoms with van der Waals surface area (Å²) in [5.74, 6) is 2.19. The van der Waals surface area contributed by atoms with E-state index in [1.54, 1.807) is 11.0 Å². The number of aromatic nitrogens is 1. The number of furan rings is 1. The van der Waals surface area contributed by atoms with Crippen molar-refractivity contribution in [3.63, 3.8) is 0 Å². The number of nitrogens with zero attached hydrogens (tertiary/aromatic N) is 3. The topological polar surface area (TPSA) is 88.5 Å². The SMILES string of the molecule is Cc1cccc(-n2c(=C(C#N)C(=O)N3CCOCC3)sc(=Cc3ccc(C4CC4C)o3)c2=O)c1C. The lowest BCUT2D eigenvalue weighted by atomic mass is 10.1. The Hall–Kier alpha value is -3.41. The number of thiazole rings is 1. The fourth-order valence-corrected chi connectivity index (χ4v) is 5.52. The Morgan fingerprint density at radius 3 is 2.63 bits per heavy atom. The third-order valence-electron chi connectivity index (χ3n) is 6.87. The summed E-state index contributed by atoms with van der Waals surface area (Å²) in [6.07, 6.45) is 2.82. The van der Waals surface area contributed by atoms with Crippen LogP contribution in [0.5, 0.6) is 0 Å². The number of benzene rings is 1. The summed E-state index contributed by atoms with van der Waals surface area (Å²) in [5, 5.41) is 10.1. The van der Waals surface area contributed by atoms with Crippen LogP contribution in [0.15, 0.2) is 39.5 Å². The Labute approximate surface area is 207 Å². The number of aryl methyl sites for hydroxylation is 1. The van der Waals surface area contributed by atoms with E-state index in [4.69, 9.17) is 9.15 Å². The van der Waals surface area contributed by atoms with Crippen LogP contribution in [0.25, 0.3) is 17.3 Å². The number of carbonyl (C=O) groups excluding carboxylic acids is 1. The Balaban J connectivity index is 1.72. The molecule has 8 heteroatoms. The lowest BCUT2D eigenvalue weighted by Gasteiger charge is -2.26. The molecule has 0 spiro atoms. The highest BCUT2D eigenvalue weighted by Gasteiger charge is 2.36. The quantitative estimate of drug-likeness (QED) is 0.562. The normalized spacial score (nSPS) is 21.1. The van der Waals surface area contributed by atoms with E-state index in [-0.39, 0.29) is 17.0 Å². The second-order valence-electron chi connectivity index (χ2n) is 9.23. The lowest BCUT2D eigenvalue weighted by molar-refractivity contribution is -0.128. The standard InChI is InChI=1S/C27H27N3O4S/c1-16-5-4-6-22(18(16)3)30-26(32)24(14-19-7-8-23(34-19)20-13-17(20)2)35-27(30)21(15-28)25(31)29-9-11-33-12-10-29/h4-8,14,17,20H,9-13H2,1-3H3. The van der Waals surface area contributed by atoms with Gasteiger partial charge in [0.05, 0.1) is 23.4 Å². The van der Waals surface area contributed by atoms with E-state index >= 15 is 0 Å². The van der Waals surface area contributed by atoms with Gasteiger partial charge in [-0.2, -0.15) is 5.26 Å². The lowest BCUT2D eigenvalue weighted by Crippen LogP contribution is -2.42. The summed E-state index contributed by atoms with van der Waals surface area (Å²) in [4.78, 5) is 28.7. The highest BCUT2D eigenvalue weighted by molar-refractivity contribution is 7.07. The van der Waals surface area contributed by atoms with Gasteiger partial charge in [-0.05, 0) is 55.5 Å². The smallest absolute Gasteiger partial charge is 0.273 e. The van der Waals surface area contributed by atoms with Crippen molar-refractivity contribution in [3.05, 3.63) is 72.5 Å². The van der Waals surface area contributed by atoms with Crippen molar-refractivity contribution in [2.45, 2.75) is 33.1 Å². The van der Waals surface area contributed by atoms with E-state index in [1.807, 2.05) is 44.2 Å². The first kappa shape index (κ1) is 23.3. The molecule has 1 saturated carbocycles. The van der Waals surface area contributed by atoms with Crippen molar-refractivity contribution in [2.24, 2.45) is 5.92 Å². The second kappa shape index (κ2) is 9.33. The number of hydrogen-bond donors (Lipinski definition) is 0. The van der Waals surface area contributed by atoms with Gasteiger partial charge in [-0.3, -0.25) is 14.2 Å². The summed E-state index contributed by atoms with van der Waals surface area (Å²) >= 11 is 1.15. The van der Waals surface area contributed by atoms with Crippen LogP contribution in [0.3, 0.4) is 0 Å². The molecule has 2 atom stereocenters. The van der Waals surface area contributed by atoms with Crippen molar-refractivity contribution in [1.29, 1.82) is 5.26 Å². The molecule has 2 fully saturated rings. The minimum absolute atomic E-state index is 0.0403. The van der Waals surface area contributed by atoms with Gasteiger partial charge in [0.15, 0.2) is 5.57 Å². The van der Waals surface area contributed by atoms with Gasteiger partial charge < -0.3 is 14.1 Å². The Kier molecular flexibility index (Phi) is 6.22. The molecule has 2 aliphatic rings. The zero-order valence-corrected chi connectivity index (χ0v) is 20.9. The molecule has 0 N–H and O–H groups in total. The molecule has 35 heavy (non-hydrogen) atoms. The van der Waals surface area contributed by atoms with Gasteiger partial charge >= 0.3 is 0 Å². The van der Waals surface area contributed by atoms with Gasteiger partial charge in [0.25, 0.3) is 11.5 Å². The van der Waals surface area contributed by atoms with Crippen LogP contribution in [0.1, 0.15) is 41.9 Å². The molecule has 2 unspecified atom stereocenters. The Morgan fingerprint density at radius 1 is 1.20 bits per heavy atom.